The van der Waals surface area contributed by atoms with E-state index in [9.17, 15) is 32.7 Å². The van der Waals surface area contributed by atoms with Crippen LogP contribution >= 0.6 is 36.7 Å². The fraction of sp³-hybridized carbons (Fsp3) is 0.413. The van der Waals surface area contributed by atoms with E-state index in [1.807, 2.05) is 0 Å². The normalized spacial score (nSPS) is 17.4. The van der Waals surface area contributed by atoms with Gasteiger partial charge in [0.25, 0.3) is 0 Å². The third kappa shape index (κ3) is 18.8. The average Bonchev–Trinajstić information content (AvgIpc) is 3.98. The van der Waals surface area contributed by atoms with E-state index in [0.717, 1.165) is 12.1 Å². The topological polar surface area (TPSA) is 266 Å². The molecule has 0 radical (unpaired) electrons. The van der Waals surface area contributed by atoms with Crippen LogP contribution in [0, 0.1) is 17.5 Å². The fourth-order valence-corrected chi connectivity index (χ4v) is 6.67. The second kappa shape index (κ2) is 28.8. The Morgan fingerprint density at radius 1 is 0.671 bits per heavy atom. The van der Waals surface area contributed by atoms with E-state index in [2.05, 4.69) is 36.2 Å². The van der Waals surface area contributed by atoms with E-state index >= 15 is 0 Å². The molecule has 8 N–H and O–H groups in total. The number of thiocarbonyl (C=S) groups is 3. The highest BCUT2D eigenvalue weighted by Gasteiger charge is 2.35. The van der Waals surface area contributed by atoms with Gasteiger partial charge in [-0.2, -0.15) is 0 Å². The van der Waals surface area contributed by atoms with Gasteiger partial charge >= 0.3 is 18.3 Å². The lowest BCUT2D eigenvalue weighted by Gasteiger charge is -2.21. The minimum absolute atomic E-state index is 0. The van der Waals surface area contributed by atoms with Gasteiger partial charge in [0, 0.05) is 5.56 Å². The molecule has 3 atom stereocenters. The number of ether oxygens (including phenoxy) is 3. The van der Waals surface area contributed by atoms with Crippen molar-refractivity contribution in [2.75, 3.05) is 82.2 Å². The molecule has 3 saturated heterocycles. The standard InChI is InChI=1S/C16H21FN4O3S.C14H17FN4O3S.C13H15FN4O3S.3CH4/c1-10(25)18-8-12-9-20(16(23)24-12)11-5-6-13(14(17)7-11)15(22)19-21(2,3)4;1-8(23)17-6-10-7-19(14(20)22-10)9-3-4-11(12(15)5-9)13(16)18-21-2;1-7(22)16-5-9-6-18(13(19)21-9)8-2-3-10(11(14)4-8)12(15)17-20;;;/h5-7,12H,8-9H2,1-4H3,(H-,18,19,22,25);3-5,10H,6-7H2,1-2H3,(H2,16,18)(H,17,23);2-4,9,20H,5-6H2,1H3,(H2,15,17)(H,16,22);3*1H4/t12-;10-;9-;;;/m000.../s1. The van der Waals surface area contributed by atoms with Gasteiger partial charge in [0.05, 0.1) is 109 Å². The van der Waals surface area contributed by atoms with Crippen molar-refractivity contribution >= 4 is 105 Å². The van der Waals surface area contributed by atoms with Crippen molar-refractivity contribution in [3.63, 3.8) is 0 Å². The molecule has 6 rings (SSSR count). The molecular formula is C46H65F3N12O9S3. The maximum absolute atomic E-state index is 14.3. The Balaban J connectivity index is 0.000000538. The van der Waals surface area contributed by atoms with Crippen molar-refractivity contribution in [1.82, 2.24) is 16.0 Å². The monoisotopic (exact) mass is 1080 g/mol. The molecule has 27 heteroatoms. The summed E-state index contributed by atoms with van der Waals surface area (Å²) in [6.07, 6.45) is -2.79. The number of hydrogen-bond donors (Lipinski definition) is 6. The molecule has 0 unspecified atom stereocenters. The molecule has 0 aromatic heterocycles. The summed E-state index contributed by atoms with van der Waals surface area (Å²) in [4.78, 5) is 46.1. The summed E-state index contributed by atoms with van der Waals surface area (Å²) in [7, 11) is 6.40. The number of oxime groups is 2. The van der Waals surface area contributed by atoms with Crippen LogP contribution in [-0.2, 0) is 19.0 Å². The molecule has 3 aliphatic rings. The third-order valence-corrected chi connectivity index (χ3v) is 10.1. The molecule has 3 aromatic carbocycles. The highest BCUT2D eigenvalue weighted by Crippen LogP contribution is 2.27. The molecule has 0 saturated carbocycles. The van der Waals surface area contributed by atoms with Crippen molar-refractivity contribution in [1.29, 1.82) is 0 Å². The van der Waals surface area contributed by atoms with Gasteiger partial charge in [-0.3, -0.25) is 14.7 Å². The smallest absolute Gasteiger partial charge is 0.414 e. The molecule has 0 bridgehead atoms. The van der Waals surface area contributed by atoms with Crippen LogP contribution < -0.4 is 47.2 Å². The summed E-state index contributed by atoms with van der Waals surface area (Å²) in [5.74, 6) is -3.12. The van der Waals surface area contributed by atoms with Crippen LogP contribution in [0.15, 0.2) is 70.0 Å². The first-order valence-electron chi connectivity index (χ1n) is 20.9. The van der Waals surface area contributed by atoms with Crippen LogP contribution in [0.25, 0.3) is 0 Å². The quantitative estimate of drug-likeness (QED) is 0.0229. The number of benzene rings is 3. The first-order valence-corrected chi connectivity index (χ1v) is 22.1. The highest BCUT2D eigenvalue weighted by atomic mass is 32.1. The van der Waals surface area contributed by atoms with Crippen molar-refractivity contribution in [3.8, 4) is 0 Å². The van der Waals surface area contributed by atoms with E-state index in [1.165, 1.54) is 58.2 Å². The summed E-state index contributed by atoms with van der Waals surface area (Å²) < 4.78 is 58.0. The van der Waals surface area contributed by atoms with Gasteiger partial charge in [0.15, 0.2) is 11.7 Å². The maximum atomic E-state index is 14.3. The predicted molar refractivity (Wildman–Crippen MR) is 286 cm³/mol. The molecular weight excluding hydrogens is 1020 g/mol. The molecule has 3 aromatic rings. The number of anilines is 3. The fourth-order valence-electron chi connectivity index (χ4n) is 6.42. The van der Waals surface area contributed by atoms with Crippen LogP contribution in [0.4, 0.5) is 44.6 Å². The number of carbonyl (C=O) groups excluding carboxylic acids is 3. The Kier molecular flexibility index (Phi) is 25.2. The highest BCUT2D eigenvalue weighted by molar-refractivity contribution is 7.80. The second-order valence-corrected chi connectivity index (χ2v) is 18.0. The van der Waals surface area contributed by atoms with Crippen LogP contribution in [-0.4, -0.2) is 146 Å². The Labute approximate surface area is 439 Å². The minimum Gasteiger partial charge on any atom is -0.854 e. The van der Waals surface area contributed by atoms with Gasteiger partial charge in [-0.25, -0.2) is 32.1 Å². The first kappa shape index (κ1) is 63.9. The number of amides is 3. The van der Waals surface area contributed by atoms with Crippen molar-refractivity contribution in [2.45, 2.75) is 61.4 Å². The Bertz CT molecular complexity index is 2550. The Morgan fingerprint density at radius 2 is 0.986 bits per heavy atom. The number of cyclic esters (lactones) is 3. The minimum atomic E-state index is -0.733. The SMILES string of the molecule is C.C.C.CC(=S)NC[C@H]1CN(c2ccc(/C(N)=N/O)c(F)c2)C(=O)O1.CC(=S)NC[C@H]1CN(c2ccc(C([O-])=N[N+](C)(C)C)c(F)c2)C(=O)O1.CO/N=C(\N)c1ccc(N2C[C@H](CNC(C)=S)OC2=O)cc1F. The zero-order valence-corrected chi connectivity index (χ0v) is 41.5. The molecule has 402 valence electrons. The van der Waals surface area contributed by atoms with Crippen LogP contribution in [0.2, 0.25) is 0 Å². The Hall–Kier alpha value is -7.10. The molecule has 3 heterocycles. The molecule has 73 heavy (non-hydrogen) atoms. The lowest BCUT2D eigenvalue weighted by atomic mass is 10.1. The number of quaternary nitrogens is 1. The summed E-state index contributed by atoms with van der Waals surface area (Å²) >= 11 is 14.7. The number of amidine groups is 2. The van der Waals surface area contributed by atoms with E-state index in [-0.39, 0.29) is 86.6 Å². The molecule has 21 nitrogen and oxygen atoms in total. The number of rotatable bonds is 14. The number of nitrogens with one attached hydrogen (secondary N) is 3. The second-order valence-electron chi connectivity index (χ2n) is 16.1. The van der Waals surface area contributed by atoms with E-state index in [1.54, 1.807) is 48.0 Å². The van der Waals surface area contributed by atoms with Gasteiger partial charge in [-0.15, -0.1) is 0 Å². The Morgan fingerprint density at radius 3 is 1.26 bits per heavy atom. The summed E-state index contributed by atoms with van der Waals surface area (Å²) in [6.45, 7) is 7.23. The number of nitrogens with two attached hydrogens (primary N) is 2. The number of carbonyl (C=O) groups is 3. The third-order valence-electron chi connectivity index (χ3n) is 9.62. The first-order chi connectivity index (χ1) is 32.9. The van der Waals surface area contributed by atoms with Crippen LogP contribution in [0.5, 0.6) is 0 Å². The average molecular weight is 1080 g/mol. The number of nitrogens with zero attached hydrogens (tertiary/aromatic N) is 7. The maximum Gasteiger partial charge on any atom is 0.414 e. The largest absolute Gasteiger partial charge is 0.854 e. The summed E-state index contributed by atoms with van der Waals surface area (Å²) in [5.41, 5.74) is 11.9. The number of halogens is 3. The van der Waals surface area contributed by atoms with Gasteiger partial charge < -0.3 is 56.8 Å². The van der Waals surface area contributed by atoms with E-state index < -0.39 is 41.6 Å². The van der Waals surface area contributed by atoms with Crippen molar-refractivity contribution in [3.05, 3.63) is 88.7 Å². The zero-order chi connectivity index (χ0) is 52.0. The summed E-state index contributed by atoms with van der Waals surface area (Å²) in [6, 6.07) is 12.1. The molecule has 3 amide bonds. The molecule has 3 aliphatic heterocycles. The van der Waals surface area contributed by atoms with Crippen molar-refractivity contribution in [2.24, 2.45) is 26.9 Å². The van der Waals surface area contributed by atoms with Crippen LogP contribution in [0.3, 0.4) is 0 Å². The van der Waals surface area contributed by atoms with E-state index in [4.69, 9.17) is 67.5 Å². The van der Waals surface area contributed by atoms with Crippen molar-refractivity contribution < 1.29 is 61.5 Å². The number of hydrogen-bond acceptors (Lipinski definition) is 15. The summed E-state index contributed by atoms with van der Waals surface area (Å²) in [5, 5.41) is 39.5. The molecule has 3 fully saturated rings. The van der Waals surface area contributed by atoms with Gasteiger partial charge in [-0.05, 0) is 75.4 Å². The lowest BCUT2D eigenvalue weighted by molar-refractivity contribution is -0.878. The van der Waals surface area contributed by atoms with E-state index in [0.29, 0.717) is 58.2 Å². The molecule has 0 aliphatic carbocycles. The van der Waals surface area contributed by atoms with Gasteiger partial charge in [0.2, 0.25) is 0 Å². The zero-order valence-electron chi connectivity index (χ0n) is 39.0. The predicted octanol–water partition coefficient (Wildman–Crippen LogP) is 5.26. The lowest BCUT2D eigenvalue weighted by Crippen LogP contribution is -2.34. The van der Waals surface area contributed by atoms with Gasteiger partial charge in [-0.1, -0.05) is 74.3 Å². The van der Waals surface area contributed by atoms with Gasteiger partial charge in [0.1, 0.15) is 42.9 Å². The molecule has 0 spiro atoms. The van der Waals surface area contributed by atoms with Crippen LogP contribution in [0.1, 0.15) is 59.7 Å².